The number of carbonyl (C=O) groups excluding carboxylic acids is 1. The predicted molar refractivity (Wildman–Crippen MR) is 60.8 cm³/mol. The van der Waals surface area contributed by atoms with Gasteiger partial charge in [-0.05, 0) is 20.8 Å². The fourth-order valence-corrected chi connectivity index (χ4v) is 1.94. The van der Waals surface area contributed by atoms with Crippen molar-refractivity contribution >= 4 is 5.91 Å². The molecule has 1 fully saturated rings. The first-order valence-corrected chi connectivity index (χ1v) is 5.68. The predicted octanol–water partition coefficient (Wildman–Crippen LogP) is -0.420. The van der Waals surface area contributed by atoms with Crippen LogP contribution < -0.4 is 5.73 Å². The van der Waals surface area contributed by atoms with E-state index in [0.29, 0.717) is 19.8 Å². The molecule has 0 bridgehead atoms. The largest absolute Gasteiger partial charge is 0.395 e. The zero-order chi connectivity index (χ0) is 12.3. The van der Waals surface area contributed by atoms with Crippen molar-refractivity contribution in [3.05, 3.63) is 0 Å². The molecule has 0 radical (unpaired) electrons. The van der Waals surface area contributed by atoms with E-state index in [-0.39, 0.29) is 24.6 Å². The topological polar surface area (TPSA) is 75.8 Å². The lowest BCUT2D eigenvalue weighted by atomic mass is 9.84. The highest BCUT2D eigenvalue weighted by Crippen LogP contribution is 2.30. The summed E-state index contributed by atoms with van der Waals surface area (Å²) in [6, 6.07) is -0.204. The van der Waals surface area contributed by atoms with Crippen molar-refractivity contribution in [2.45, 2.75) is 32.9 Å². The van der Waals surface area contributed by atoms with Gasteiger partial charge in [-0.2, -0.15) is 0 Å². The molecule has 0 saturated carbocycles. The number of hydrogen-bond acceptors (Lipinski definition) is 4. The number of carbonyl (C=O) groups is 1. The lowest BCUT2D eigenvalue weighted by molar-refractivity contribution is -0.144. The van der Waals surface area contributed by atoms with Crippen LogP contribution in [0.1, 0.15) is 20.8 Å². The van der Waals surface area contributed by atoms with Gasteiger partial charge in [-0.25, -0.2) is 0 Å². The second-order valence-corrected chi connectivity index (χ2v) is 4.85. The van der Waals surface area contributed by atoms with Gasteiger partial charge in [0.1, 0.15) is 0 Å². The van der Waals surface area contributed by atoms with Crippen LogP contribution in [0, 0.1) is 5.41 Å². The summed E-state index contributed by atoms with van der Waals surface area (Å²) < 4.78 is 5.27. The van der Waals surface area contributed by atoms with Crippen LogP contribution >= 0.6 is 0 Å². The first-order chi connectivity index (χ1) is 7.43. The summed E-state index contributed by atoms with van der Waals surface area (Å²) >= 11 is 0. The molecule has 1 saturated heterocycles. The molecule has 1 amide bonds. The third-order valence-electron chi connectivity index (χ3n) is 3.23. The normalized spacial score (nSPS) is 29.8. The van der Waals surface area contributed by atoms with Crippen molar-refractivity contribution in [3.8, 4) is 0 Å². The number of ether oxygens (including phenoxy) is 1. The lowest BCUT2D eigenvalue weighted by Gasteiger charge is -2.35. The van der Waals surface area contributed by atoms with Gasteiger partial charge in [-0.3, -0.25) is 4.79 Å². The van der Waals surface area contributed by atoms with Crippen molar-refractivity contribution < 1.29 is 14.6 Å². The van der Waals surface area contributed by atoms with Crippen LogP contribution in [0.4, 0.5) is 0 Å². The van der Waals surface area contributed by atoms with Crippen LogP contribution in [-0.2, 0) is 9.53 Å². The van der Waals surface area contributed by atoms with Gasteiger partial charge < -0.3 is 20.5 Å². The van der Waals surface area contributed by atoms with E-state index in [1.54, 1.807) is 4.90 Å². The Hall–Kier alpha value is -0.650. The number of aliphatic hydroxyl groups excluding tert-OH is 1. The van der Waals surface area contributed by atoms with Gasteiger partial charge in [0.15, 0.2) is 0 Å². The average Bonchev–Trinajstić information content (AvgIpc) is 2.56. The minimum Gasteiger partial charge on any atom is -0.395 e. The molecular formula is C11H22N2O3. The molecule has 94 valence electrons. The molecule has 0 aromatic rings. The van der Waals surface area contributed by atoms with E-state index < -0.39 is 5.41 Å². The quantitative estimate of drug-likeness (QED) is 0.688. The number of nitrogens with two attached hydrogens (primary N) is 1. The first-order valence-electron chi connectivity index (χ1n) is 5.68. The summed E-state index contributed by atoms with van der Waals surface area (Å²) in [5, 5.41) is 8.97. The first kappa shape index (κ1) is 13.4. The Morgan fingerprint density at radius 3 is 2.69 bits per heavy atom. The molecular weight excluding hydrogens is 208 g/mol. The maximum absolute atomic E-state index is 12.4. The van der Waals surface area contributed by atoms with Crippen molar-refractivity contribution in [1.82, 2.24) is 4.90 Å². The highest BCUT2D eigenvalue weighted by molar-refractivity contribution is 5.84. The Labute approximate surface area is 96.6 Å². The zero-order valence-corrected chi connectivity index (χ0v) is 10.3. The number of aliphatic hydroxyl groups is 1. The van der Waals surface area contributed by atoms with Crippen molar-refractivity contribution in [3.63, 3.8) is 0 Å². The molecule has 1 rings (SSSR count). The molecule has 0 spiro atoms. The van der Waals surface area contributed by atoms with E-state index in [1.807, 2.05) is 20.8 Å². The van der Waals surface area contributed by atoms with E-state index in [9.17, 15) is 4.79 Å². The third kappa shape index (κ3) is 2.36. The molecule has 0 aromatic heterocycles. The number of hydrogen-bond donors (Lipinski definition) is 2. The van der Waals surface area contributed by atoms with Crippen molar-refractivity contribution in [1.29, 1.82) is 0 Å². The maximum atomic E-state index is 12.4. The van der Waals surface area contributed by atoms with E-state index >= 15 is 0 Å². The monoisotopic (exact) mass is 230 g/mol. The molecule has 16 heavy (non-hydrogen) atoms. The highest BCUT2D eigenvalue weighted by Gasteiger charge is 2.46. The van der Waals surface area contributed by atoms with Crippen LogP contribution in [-0.4, -0.2) is 54.4 Å². The SMILES string of the molecule is CC(C)N(CCO)C(=O)C1(C)COCC1N. The molecule has 5 nitrogen and oxygen atoms in total. The summed E-state index contributed by atoms with van der Waals surface area (Å²) in [7, 11) is 0. The standard InChI is InChI=1S/C11H22N2O3/c1-8(2)13(4-5-14)10(15)11(3)7-16-6-9(11)12/h8-9,14H,4-7,12H2,1-3H3. The Balaban J connectivity index is 2.81. The molecule has 1 heterocycles. The maximum Gasteiger partial charge on any atom is 0.232 e. The molecule has 0 aliphatic carbocycles. The van der Waals surface area contributed by atoms with Crippen LogP contribution in [0.3, 0.4) is 0 Å². The van der Waals surface area contributed by atoms with Gasteiger partial charge in [0, 0.05) is 18.6 Å². The van der Waals surface area contributed by atoms with Crippen molar-refractivity contribution in [2.75, 3.05) is 26.4 Å². The second kappa shape index (κ2) is 5.12. The lowest BCUT2D eigenvalue weighted by Crippen LogP contribution is -2.54. The fourth-order valence-electron chi connectivity index (χ4n) is 1.94. The number of amides is 1. The summed E-state index contributed by atoms with van der Waals surface area (Å²) in [6.07, 6.45) is 0. The Morgan fingerprint density at radius 1 is 1.69 bits per heavy atom. The fraction of sp³-hybridized carbons (Fsp3) is 0.909. The zero-order valence-electron chi connectivity index (χ0n) is 10.3. The van der Waals surface area contributed by atoms with Gasteiger partial charge in [0.2, 0.25) is 5.91 Å². The molecule has 3 N–H and O–H groups in total. The van der Waals surface area contributed by atoms with Crippen LogP contribution in [0.2, 0.25) is 0 Å². The summed E-state index contributed by atoms with van der Waals surface area (Å²) in [4.78, 5) is 14.0. The van der Waals surface area contributed by atoms with E-state index in [0.717, 1.165) is 0 Å². The minimum absolute atomic E-state index is 0.0263. The average molecular weight is 230 g/mol. The van der Waals surface area contributed by atoms with Crippen LogP contribution in [0.25, 0.3) is 0 Å². The summed E-state index contributed by atoms with van der Waals surface area (Å²) in [5.74, 6) is -0.0263. The summed E-state index contributed by atoms with van der Waals surface area (Å²) in [5.41, 5.74) is 5.26. The molecule has 1 aliphatic rings. The van der Waals surface area contributed by atoms with Gasteiger partial charge in [0.05, 0.1) is 25.2 Å². The Bertz CT molecular complexity index is 258. The van der Waals surface area contributed by atoms with E-state index in [2.05, 4.69) is 0 Å². The third-order valence-corrected chi connectivity index (χ3v) is 3.23. The van der Waals surface area contributed by atoms with E-state index in [4.69, 9.17) is 15.6 Å². The molecule has 2 unspecified atom stereocenters. The molecule has 2 atom stereocenters. The summed E-state index contributed by atoms with van der Waals surface area (Å²) in [6.45, 7) is 6.79. The van der Waals surface area contributed by atoms with Crippen molar-refractivity contribution in [2.24, 2.45) is 11.1 Å². The van der Waals surface area contributed by atoms with Gasteiger partial charge in [-0.1, -0.05) is 0 Å². The smallest absolute Gasteiger partial charge is 0.232 e. The molecule has 0 aromatic carbocycles. The van der Waals surface area contributed by atoms with Gasteiger partial charge in [-0.15, -0.1) is 0 Å². The van der Waals surface area contributed by atoms with E-state index in [1.165, 1.54) is 0 Å². The molecule has 5 heteroatoms. The number of rotatable bonds is 4. The Morgan fingerprint density at radius 2 is 2.31 bits per heavy atom. The Kier molecular flexibility index (Phi) is 4.29. The van der Waals surface area contributed by atoms with Gasteiger partial charge >= 0.3 is 0 Å². The van der Waals surface area contributed by atoms with Gasteiger partial charge in [0.25, 0.3) is 0 Å². The highest BCUT2D eigenvalue weighted by atomic mass is 16.5. The van der Waals surface area contributed by atoms with Crippen LogP contribution in [0.5, 0.6) is 0 Å². The number of nitrogens with zero attached hydrogens (tertiary/aromatic N) is 1. The second-order valence-electron chi connectivity index (χ2n) is 4.85. The minimum atomic E-state index is -0.653. The molecule has 1 aliphatic heterocycles. The van der Waals surface area contributed by atoms with Crippen LogP contribution in [0.15, 0.2) is 0 Å².